The van der Waals surface area contributed by atoms with Crippen LogP contribution < -0.4 is 20.1 Å². The Morgan fingerprint density at radius 2 is 1.81 bits per heavy atom. The molecule has 0 radical (unpaired) electrons. The van der Waals surface area contributed by atoms with Crippen molar-refractivity contribution in [3.05, 3.63) is 54.1 Å². The summed E-state index contributed by atoms with van der Waals surface area (Å²) in [6.07, 6.45) is 0.0444. The number of hydrogen-bond acceptors (Lipinski definition) is 4. The molecule has 0 aliphatic carbocycles. The van der Waals surface area contributed by atoms with Crippen LogP contribution in [0.2, 0.25) is 0 Å². The zero-order valence-corrected chi connectivity index (χ0v) is 14.8. The predicted octanol–water partition coefficient (Wildman–Crippen LogP) is 2.99. The minimum Gasteiger partial charge on any atom is -0.485 e. The molecule has 0 aromatic heterocycles. The van der Waals surface area contributed by atoms with Crippen molar-refractivity contribution in [2.45, 2.75) is 32.4 Å². The number of amides is 2. The second-order valence-electron chi connectivity index (χ2n) is 6.18. The summed E-state index contributed by atoms with van der Waals surface area (Å²) in [5, 5.41) is 5.68. The number of fused-ring (bicyclic) bond motifs is 1. The van der Waals surface area contributed by atoms with E-state index < -0.39 is 6.10 Å². The summed E-state index contributed by atoms with van der Waals surface area (Å²) in [6.45, 7) is 4.05. The minimum absolute atomic E-state index is 0.0536. The van der Waals surface area contributed by atoms with Gasteiger partial charge in [-0.1, -0.05) is 31.2 Å². The number of carbonyl (C=O) groups excluding carboxylic acids is 2. The number of nitrogens with one attached hydrogen (secondary N) is 2. The van der Waals surface area contributed by atoms with Crippen molar-refractivity contribution < 1.29 is 19.1 Å². The summed E-state index contributed by atoms with van der Waals surface area (Å²) in [5.74, 6) is 0.566. The van der Waals surface area contributed by atoms with Crippen molar-refractivity contribution in [1.82, 2.24) is 5.32 Å². The van der Waals surface area contributed by atoms with Gasteiger partial charge in [0.25, 0.3) is 11.8 Å². The Kier molecular flexibility index (Phi) is 5.41. The first-order chi connectivity index (χ1) is 12.6. The van der Waals surface area contributed by atoms with E-state index in [0.29, 0.717) is 22.7 Å². The first-order valence-corrected chi connectivity index (χ1v) is 8.67. The molecule has 2 aromatic rings. The van der Waals surface area contributed by atoms with Gasteiger partial charge >= 0.3 is 0 Å². The van der Waals surface area contributed by atoms with E-state index in [1.807, 2.05) is 26.0 Å². The first kappa shape index (κ1) is 17.8. The van der Waals surface area contributed by atoms with Gasteiger partial charge in [0.05, 0.1) is 11.3 Å². The molecule has 0 fully saturated rings. The molecular formula is C20H22N2O4. The Morgan fingerprint density at radius 1 is 1.12 bits per heavy atom. The van der Waals surface area contributed by atoms with Crippen LogP contribution in [0.15, 0.2) is 48.5 Å². The van der Waals surface area contributed by atoms with Crippen LogP contribution in [-0.4, -0.2) is 30.6 Å². The molecule has 1 heterocycles. The molecule has 6 nitrogen and oxygen atoms in total. The van der Waals surface area contributed by atoms with Crippen LogP contribution in [0.1, 0.15) is 30.6 Å². The highest BCUT2D eigenvalue weighted by atomic mass is 16.6. The standard InChI is InChI=1S/C20H22N2O4/c1-3-13(2)21-19(23)14-8-4-5-9-15(14)22-20(24)18-12-25-16-10-6-7-11-17(16)26-18/h4-11,13,18H,3,12H2,1-2H3,(H,21,23)(H,22,24)/t13-,18+/m1/s1. The van der Waals surface area contributed by atoms with Gasteiger partial charge in [0.2, 0.25) is 6.10 Å². The molecule has 1 aliphatic heterocycles. The number of rotatable bonds is 5. The van der Waals surface area contributed by atoms with Crippen LogP contribution in [0.3, 0.4) is 0 Å². The molecule has 6 heteroatoms. The van der Waals surface area contributed by atoms with E-state index >= 15 is 0 Å². The molecule has 2 amide bonds. The topological polar surface area (TPSA) is 76.7 Å². The third kappa shape index (κ3) is 3.96. The number of ether oxygens (including phenoxy) is 2. The normalized spacial score (nSPS) is 16.5. The van der Waals surface area contributed by atoms with Crippen LogP contribution in [0.5, 0.6) is 11.5 Å². The fourth-order valence-corrected chi connectivity index (χ4v) is 2.56. The van der Waals surface area contributed by atoms with Crippen LogP contribution in [0.4, 0.5) is 5.69 Å². The van der Waals surface area contributed by atoms with Crippen LogP contribution >= 0.6 is 0 Å². The maximum Gasteiger partial charge on any atom is 0.269 e. The lowest BCUT2D eigenvalue weighted by Gasteiger charge is -2.25. The second-order valence-corrected chi connectivity index (χ2v) is 6.18. The lowest BCUT2D eigenvalue weighted by molar-refractivity contribution is -0.125. The first-order valence-electron chi connectivity index (χ1n) is 8.67. The molecule has 0 saturated carbocycles. The highest BCUT2D eigenvalue weighted by molar-refractivity contribution is 6.04. The van der Waals surface area contributed by atoms with Gasteiger partial charge in [-0.25, -0.2) is 0 Å². The van der Waals surface area contributed by atoms with Gasteiger partial charge in [0.1, 0.15) is 6.61 Å². The van der Waals surface area contributed by atoms with E-state index in [4.69, 9.17) is 9.47 Å². The molecule has 2 N–H and O–H groups in total. The Morgan fingerprint density at radius 3 is 2.58 bits per heavy atom. The van der Waals surface area contributed by atoms with Crippen molar-refractivity contribution in [1.29, 1.82) is 0 Å². The van der Waals surface area contributed by atoms with Gasteiger partial charge in [0, 0.05) is 6.04 Å². The fraction of sp³-hybridized carbons (Fsp3) is 0.300. The van der Waals surface area contributed by atoms with Crippen molar-refractivity contribution in [2.75, 3.05) is 11.9 Å². The number of para-hydroxylation sites is 3. The maximum atomic E-state index is 12.6. The summed E-state index contributed by atoms with van der Waals surface area (Å²) in [4.78, 5) is 25.0. The van der Waals surface area contributed by atoms with E-state index in [2.05, 4.69) is 10.6 Å². The third-order valence-corrected chi connectivity index (χ3v) is 4.22. The summed E-state index contributed by atoms with van der Waals surface area (Å²) in [6, 6.07) is 14.2. The molecule has 1 aliphatic rings. The zero-order valence-electron chi connectivity index (χ0n) is 14.8. The van der Waals surface area contributed by atoms with Crippen molar-refractivity contribution in [2.24, 2.45) is 0 Å². The Labute approximate surface area is 152 Å². The predicted molar refractivity (Wildman–Crippen MR) is 98.6 cm³/mol. The summed E-state index contributed by atoms with van der Waals surface area (Å²) in [7, 11) is 0. The highest BCUT2D eigenvalue weighted by Gasteiger charge is 2.28. The van der Waals surface area contributed by atoms with Crippen LogP contribution in [0, 0.1) is 0 Å². The summed E-state index contributed by atoms with van der Waals surface area (Å²) < 4.78 is 11.3. The number of carbonyl (C=O) groups is 2. The van der Waals surface area contributed by atoms with Crippen molar-refractivity contribution in [3.63, 3.8) is 0 Å². The molecule has 2 atom stereocenters. The van der Waals surface area contributed by atoms with Gasteiger partial charge in [-0.15, -0.1) is 0 Å². The number of anilines is 1. The van der Waals surface area contributed by atoms with E-state index in [0.717, 1.165) is 6.42 Å². The lowest BCUT2D eigenvalue weighted by atomic mass is 10.1. The largest absolute Gasteiger partial charge is 0.485 e. The van der Waals surface area contributed by atoms with E-state index in [1.165, 1.54) is 0 Å². The van der Waals surface area contributed by atoms with E-state index in [9.17, 15) is 9.59 Å². The Bertz CT molecular complexity index is 806. The van der Waals surface area contributed by atoms with E-state index in [1.54, 1.807) is 36.4 Å². The smallest absolute Gasteiger partial charge is 0.269 e. The lowest BCUT2D eigenvalue weighted by Crippen LogP contribution is -2.40. The SMILES string of the molecule is CC[C@@H](C)NC(=O)c1ccccc1NC(=O)[C@@H]1COc2ccccc2O1. The molecule has 0 saturated heterocycles. The second kappa shape index (κ2) is 7.91. The van der Waals surface area contributed by atoms with Gasteiger partial charge in [0.15, 0.2) is 11.5 Å². The van der Waals surface area contributed by atoms with Gasteiger partial charge in [-0.2, -0.15) is 0 Å². The van der Waals surface area contributed by atoms with Gasteiger partial charge in [-0.05, 0) is 37.6 Å². The molecule has 0 spiro atoms. The Balaban J connectivity index is 1.71. The number of hydrogen-bond donors (Lipinski definition) is 2. The molecule has 0 bridgehead atoms. The maximum absolute atomic E-state index is 12.6. The van der Waals surface area contributed by atoms with Crippen molar-refractivity contribution in [3.8, 4) is 11.5 Å². The van der Waals surface area contributed by atoms with E-state index in [-0.39, 0.29) is 24.5 Å². The minimum atomic E-state index is -0.782. The monoisotopic (exact) mass is 354 g/mol. The quantitative estimate of drug-likeness (QED) is 0.865. The van der Waals surface area contributed by atoms with Gasteiger partial charge in [-0.3, -0.25) is 9.59 Å². The van der Waals surface area contributed by atoms with Crippen LogP contribution in [0.25, 0.3) is 0 Å². The highest BCUT2D eigenvalue weighted by Crippen LogP contribution is 2.31. The van der Waals surface area contributed by atoms with Gasteiger partial charge < -0.3 is 20.1 Å². The average molecular weight is 354 g/mol. The molecular weight excluding hydrogens is 332 g/mol. The number of benzene rings is 2. The third-order valence-electron chi connectivity index (χ3n) is 4.22. The summed E-state index contributed by atoms with van der Waals surface area (Å²) >= 11 is 0. The molecule has 26 heavy (non-hydrogen) atoms. The average Bonchev–Trinajstić information content (AvgIpc) is 2.67. The summed E-state index contributed by atoms with van der Waals surface area (Å²) in [5.41, 5.74) is 0.860. The zero-order chi connectivity index (χ0) is 18.5. The Hall–Kier alpha value is -3.02. The van der Waals surface area contributed by atoms with Crippen LogP contribution in [-0.2, 0) is 4.79 Å². The fourth-order valence-electron chi connectivity index (χ4n) is 2.56. The molecule has 2 aromatic carbocycles. The molecule has 136 valence electrons. The molecule has 3 rings (SSSR count). The molecule has 0 unspecified atom stereocenters. The van der Waals surface area contributed by atoms with Crippen molar-refractivity contribution >= 4 is 17.5 Å².